The number of aliphatic imine (C=N–C) groups is 1. The van der Waals surface area contributed by atoms with Gasteiger partial charge in [-0.25, -0.2) is 0 Å². The molecule has 1 saturated heterocycles. The van der Waals surface area contributed by atoms with Crippen LogP contribution in [0.4, 0.5) is 0 Å². The van der Waals surface area contributed by atoms with Crippen LogP contribution in [0.2, 0.25) is 0 Å². The molecule has 1 aliphatic rings. The summed E-state index contributed by atoms with van der Waals surface area (Å²) in [5, 5.41) is 4.91. The fraction of sp³-hybridized carbons (Fsp3) is 0.571. The molecule has 13 heavy (non-hydrogen) atoms. The first-order valence-electron chi connectivity index (χ1n) is 3.96. The summed E-state index contributed by atoms with van der Waals surface area (Å²) in [6.07, 6.45) is 0.793. The van der Waals surface area contributed by atoms with Crippen molar-refractivity contribution >= 4 is 17.8 Å². The second kappa shape index (κ2) is 3.88. The van der Waals surface area contributed by atoms with Crippen molar-refractivity contribution in [3.05, 3.63) is 0 Å². The summed E-state index contributed by atoms with van der Waals surface area (Å²) in [6, 6.07) is -0.443. The van der Waals surface area contributed by atoms with Crippen LogP contribution in [0.1, 0.15) is 12.8 Å². The van der Waals surface area contributed by atoms with E-state index in [4.69, 9.17) is 5.73 Å². The number of rotatable bonds is 1. The Morgan fingerprint density at radius 3 is 2.92 bits per heavy atom. The van der Waals surface area contributed by atoms with E-state index in [0.717, 1.165) is 0 Å². The van der Waals surface area contributed by atoms with E-state index in [2.05, 4.69) is 15.6 Å². The number of nitrogens with two attached hydrogens (primary N) is 1. The van der Waals surface area contributed by atoms with Crippen molar-refractivity contribution in [2.45, 2.75) is 18.9 Å². The Morgan fingerprint density at radius 2 is 2.38 bits per heavy atom. The van der Waals surface area contributed by atoms with E-state index in [0.29, 0.717) is 12.8 Å². The molecule has 0 aromatic rings. The summed E-state index contributed by atoms with van der Waals surface area (Å²) in [6.45, 7) is 0. The lowest BCUT2D eigenvalue weighted by Crippen LogP contribution is -2.53. The maximum atomic E-state index is 11.2. The van der Waals surface area contributed by atoms with E-state index in [1.165, 1.54) is 7.05 Å². The van der Waals surface area contributed by atoms with Gasteiger partial charge in [-0.15, -0.1) is 0 Å². The average molecular weight is 184 g/mol. The highest BCUT2D eigenvalue weighted by Crippen LogP contribution is 2.03. The molecule has 0 aromatic carbocycles. The number of nitrogens with zero attached hydrogens (tertiary/aromatic N) is 1. The van der Waals surface area contributed by atoms with E-state index < -0.39 is 6.04 Å². The molecule has 0 spiro atoms. The zero-order valence-electron chi connectivity index (χ0n) is 7.33. The lowest BCUT2D eigenvalue weighted by Gasteiger charge is -2.21. The highest BCUT2D eigenvalue weighted by Gasteiger charge is 2.26. The third-order valence-corrected chi connectivity index (χ3v) is 1.80. The smallest absolute Gasteiger partial charge is 0.249 e. The summed E-state index contributed by atoms with van der Waals surface area (Å²) < 4.78 is 0. The number of carbonyl (C=O) groups excluding carboxylic acids is 2. The normalized spacial score (nSPS) is 24.1. The lowest BCUT2D eigenvalue weighted by atomic mass is 10.1. The zero-order valence-corrected chi connectivity index (χ0v) is 7.33. The molecule has 0 aromatic heterocycles. The number of piperidine rings is 1. The minimum absolute atomic E-state index is 0.203. The first-order valence-corrected chi connectivity index (χ1v) is 3.96. The minimum Gasteiger partial charge on any atom is -0.370 e. The van der Waals surface area contributed by atoms with Crippen molar-refractivity contribution in [3.63, 3.8) is 0 Å². The number of nitrogens with one attached hydrogen (secondary N) is 2. The molecular weight excluding hydrogens is 172 g/mol. The van der Waals surface area contributed by atoms with Gasteiger partial charge in [-0.2, -0.15) is 0 Å². The van der Waals surface area contributed by atoms with E-state index in [1.807, 2.05) is 0 Å². The molecule has 1 atom stereocenters. The molecule has 0 saturated carbocycles. The maximum Gasteiger partial charge on any atom is 0.249 e. The Kier molecular flexibility index (Phi) is 2.84. The number of imide groups is 1. The van der Waals surface area contributed by atoms with Crippen molar-refractivity contribution in [3.8, 4) is 0 Å². The number of carbonyl (C=O) groups is 2. The highest BCUT2D eigenvalue weighted by atomic mass is 16.2. The van der Waals surface area contributed by atoms with E-state index in [1.54, 1.807) is 0 Å². The van der Waals surface area contributed by atoms with Crippen LogP contribution in [0.25, 0.3) is 0 Å². The van der Waals surface area contributed by atoms with Crippen molar-refractivity contribution in [1.29, 1.82) is 0 Å². The molecule has 6 nitrogen and oxygen atoms in total. The second-order valence-corrected chi connectivity index (χ2v) is 2.76. The average Bonchev–Trinajstić information content (AvgIpc) is 2.09. The quantitative estimate of drug-likeness (QED) is 0.258. The van der Waals surface area contributed by atoms with Crippen LogP contribution >= 0.6 is 0 Å². The fourth-order valence-corrected chi connectivity index (χ4v) is 1.07. The largest absolute Gasteiger partial charge is 0.370 e. The van der Waals surface area contributed by atoms with Crippen molar-refractivity contribution < 1.29 is 9.59 Å². The molecule has 72 valence electrons. The molecule has 6 heteroatoms. The Hall–Kier alpha value is -1.59. The molecule has 1 heterocycles. The van der Waals surface area contributed by atoms with Crippen LogP contribution in [-0.4, -0.2) is 30.9 Å². The number of amides is 2. The molecule has 4 N–H and O–H groups in total. The van der Waals surface area contributed by atoms with Crippen LogP contribution in [0.3, 0.4) is 0 Å². The van der Waals surface area contributed by atoms with Gasteiger partial charge in [-0.1, -0.05) is 0 Å². The molecule has 0 radical (unpaired) electrons. The number of guanidine groups is 1. The van der Waals surface area contributed by atoms with E-state index >= 15 is 0 Å². The lowest BCUT2D eigenvalue weighted by molar-refractivity contribution is -0.134. The third-order valence-electron chi connectivity index (χ3n) is 1.80. The van der Waals surface area contributed by atoms with Crippen molar-refractivity contribution in [1.82, 2.24) is 10.6 Å². The van der Waals surface area contributed by atoms with Crippen LogP contribution < -0.4 is 16.4 Å². The van der Waals surface area contributed by atoms with Gasteiger partial charge in [0.2, 0.25) is 11.8 Å². The highest BCUT2D eigenvalue weighted by molar-refractivity contribution is 6.01. The Labute approximate surface area is 75.6 Å². The predicted molar refractivity (Wildman–Crippen MR) is 46.9 cm³/mol. The topological polar surface area (TPSA) is 96.6 Å². The van der Waals surface area contributed by atoms with Gasteiger partial charge >= 0.3 is 0 Å². The number of hydrogen-bond acceptors (Lipinski definition) is 3. The Bertz CT molecular complexity index is 261. The standard InChI is InChI=1S/C7H12N4O2/c1-9-7(8)10-4-2-3-5(12)11-6(4)13/h4H,2-3H2,1H3,(H3,8,9,10)(H,11,12,13). The summed E-state index contributed by atoms with van der Waals surface area (Å²) in [7, 11) is 1.52. The molecule has 1 unspecified atom stereocenters. The third kappa shape index (κ3) is 2.43. The molecule has 2 amide bonds. The summed E-state index contributed by atoms with van der Waals surface area (Å²) in [5.41, 5.74) is 5.37. The second-order valence-electron chi connectivity index (χ2n) is 2.76. The summed E-state index contributed by atoms with van der Waals surface area (Å²) in [5.74, 6) is -0.382. The van der Waals surface area contributed by atoms with Crippen molar-refractivity contribution in [2.75, 3.05) is 7.05 Å². The first-order chi connectivity index (χ1) is 6.13. The Balaban J connectivity index is 2.52. The van der Waals surface area contributed by atoms with Gasteiger partial charge in [0.15, 0.2) is 5.96 Å². The van der Waals surface area contributed by atoms with Gasteiger partial charge in [0.25, 0.3) is 0 Å². The SMILES string of the molecule is CN=C(N)NC1CCC(=O)NC1=O. The molecule has 0 bridgehead atoms. The van der Waals surface area contributed by atoms with Gasteiger partial charge in [-0.3, -0.25) is 19.9 Å². The van der Waals surface area contributed by atoms with Gasteiger partial charge in [-0.05, 0) is 6.42 Å². The maximum absolute atomic E-state index is 11.2. The first kappa shape index (κ1) is 9.50. The summed E-state index contributed by atoms with van der Waals surface area (Å²) in [4.78, 5) is 25.6. The molecule has 0 aliphatic carbocycles. The van der Waals surface area contributed by atoms with Gasteiger partial charge in [0.1, 0.15) is 6.04 Å². The summed E-state index contributed by atoms with van der Waals surface area (Å²) >= 11 is 0. The van der Waals surface area contributed by atoms with Crippen LogP contribution in [0, 0.1) is 0 Å². The molecule has 1 aliphatic heterocycles. The molecular formula is C7H12N4O2. The predicted octanol–water partition coefficient (Wildman–Crippen LogP) is -1.67. The van der Waals surface area contributed by atoms with Gasteiger partial charge in [0.05, 0.1) is 0 Å². The molecule has 1 fully saturated rings. The monoisotopic (exact) mass is 184 g/mol. The van der Waals surface area contributed by atoms with Crippen LogP contribution in [0.15, 0.2) is 4.99 Å². The molecule has 1 rings (SSSR count). The van der Waals surface area contributed by atoms with E-state index in [-0.39, 0.29) is 17.8 Å². The van der Waals surface area contributed by atoms with Crippen molar-refractivity contribution in [2.24, 2.45) is 10.7 Å². The van der Waals surface area contributed by atoms with Crippen LogP contribution in [-0.2, 0) is 9.59 Å². The number of hydrogen-bond donors (Lipinski definition) is 3. The van der Waals surface area contributed by atoms with Crippen LogP contribution in [0.5, 0.6) is 0 Å². The van der Waals surface area contributed by atoms with E-state index in [9.17, 15) is 9.59 Å². The fourth-order valence-electron chi connectivity index (χ4n) is 1.07. The van der Waals surface area contributed by atoms with Gasteiger partial charge < -0.3 is 11.1 Å². The van der Waals surface area contributed by atoms with Gasteiger partial charge in [0, 0.05) is 13.5 Å². The Morgan fingerprint density at radius 1 is 1.69 bits per heavy atom. The minimum atomic E-state index is -0.443. The zero-order chi connectivity index (χ0) is 9.84.